The van der Waals surface area contributed by atoms with Crippen LogP contribution in [-0.4, -0.2) is 9.97 Å². The second-order valence-electron chi connectivity index (χ2n) is 4.65. The van der Waals surface area contributed by atoms with E-state index in [2.05, 4.69) is 42.0 Å². The third-order valence-corrected chi connectivity index (χ3v) is 4.35. The maximum atomic E-state index is 6.01. The number of thioether (sulfide) groups is 1. The first-order valence-corrected chi connectivity index (χ1v) is 7.11. The molecule has 1 aliphatic rings. The number of hydrogen-bond donors (Lipinski definition) is 1. The van der Waals surface area contributed by atoms with E-state index in [1.165, 1.54) is 11.1 Å². The lowest BCUT2D eigenvalue weighted by Crippen LogP contribution is -2.03. The van der Waals surface area contributed by atoms with E-state index in [0.717, 1.165) is 34.2 Å². The second-order valence-corrected chi connectivity index (χ2v) is 5.64. The van der Waals surface area contributed by atoms with Crippen molar-refractivity contribution in [1.82, 2.24) is 9.97 Å². The predicted molar refractivity (Wildman–Crippen MR) is 76.4 cm³/mol. The van der Waals surface area contributed by atoms with E-state index in [1.54, 1.807) is 0 Å². The minimum Gasteiger partial charge on any atom is -0.383 e. The summed E-state index contributed by atoms with van der Waals surface area (Å²) < 4.78 is 0. The Morgan fingerprint density at radius 3 is 2.72 bits per heavy atom. The van der Waals surface area contributed by atoms with Gasteiger partial charge in [0.05, 0.1) is 5.69 Å². The molecule has 0 amide bonds. The van der Waals surface area contributed by atoms with Crippen molar-refractivity contribution in [2.24, 2.45) is 0 Å². The van der Waals surface area contributed by atoms with Crippen LogP contribution in [0.2, 0.25) is 0 Å². The van der Waals surface area contributed by atoms with Crippen LogP contribution in [0.4, 0.5) is 5.82 Å². The van der Waals surface area contributed by atoms with Crippen molar-refractivity contribution in [3.05, 3.63) is 40.6 Å². The smallest absolute Gasteiger partial charge is 0.161 e. The molecule has 0 saturated carbocycles. The average Bonchev–Trinajstić information content (AvgIpc) is 2.81. The van der Waals surface area contributed by atoms with Crippen molar-refractivity contribution in [2.75, 3.05) is 5.73 Å². The largest absolute Gasteiger partial charge is 0.383 e. The maximum absolute atomic E-state index is 6.01. The Bertz CT molecular complexity index is 623. The highest BCUT2D eigenvalue weighted by Crippen LogP contribution is 2.33. The number of aromatic nitrogens is 2. The fourth-order valence-corrected chi connectivity index (χ4v) is 3.14. The van der Waals surface area contributed by atoms with Crippen LogP contribution >= 0.6 is 11.8 Å². The van der Waals surface area contributed by atoms with Crippen LogP contribution < -0.4 is 5.73 Å². The Morgan fingerprint density at radius 1 is 1.11 bits per heavy atom. The minimum absolute atomic E-state index is 0.637. The number of nitrogen functional groups attached to an aromatic ring is 1. The lowest BCUT2D eigenvalue weighted by Gasteiger charge is -2.08. The van der Waals surface area contributed by atoms with Gasteiger partial charge in [-0.15, -0.1) is 0 Å². The summed E-state index contributed by atoms with van der Waals surface area (Å²) in [5.41, 5.74) is 11.8. The van der Waals surface area contributed by atoms with Gasteiger partial charge >= 0.3 is 0 Å². The summed E-state index contributed by atoms with van der Waals surface area (Å²) in [6, 6.07) is 6.29. The molecule has 0 saturated heterocycles. The molecule has 2 N–H and O–H groups in total. The molecule has 0 radical (unpaired) electrons. The first kappa shape index (κ1) is 11.5. The number of benzene rings is 1. The summed E-state index contributed by atoms with van der Waals surface area (Å²) in [6.07, 6.45) is 0. The van der Waals surface area contributed by atoms with Crippen LogP contribution in [0, 0.1) is 13.8 Å². The van der Waals surface area contributed by atoms with Crippen molar-refractivity contribution in [1.29, 1.82) is 0 Å². The predicted octanol–water partition coefficient (Wildman–Crippen LogP) is 3.09. The number of rotatable bonds is 1. The number of nitrogens with two attached hydrogens (primary N) is 1. The molecular formula is C14H15N3S. The highest BCUT2D eigenvalue weighted by atomic mass is 32.2. The first-order valence-electron chi connectivity index (χ1n) is 5.96. The van der Waals surface area contributed by atoms with Gasteiger partial charge < -0.3 is 5.73 Å². The van der Waals surface area contributed by atoms with E-state index in [0.29, 0.717) is 5.82 Å². The number of aryl methyl sites for hydroxylation is 2. The van der Waals surface area contributed by atoms with Gasteiger partial charge in [0.2, 0.25) is 0 Å². The van der Waals surface area contributed by atoms with Crippen molar-refractivity contribution in [3.8, 4) is 11.4 Å². The van der Waals surface area contributed by atoms with Crippen molar-refractivity contribution >= 4 is 17.6 Å². The zero-order chi connectivity index (χ0) is 12.7. The summed E-state index contributed by atoms with van der Waals surface area (Å²) >= 11 is 1.84. The van der Waals surface area contributed by atoms with Crippen LogP contribution in [0.25, 0.3) is 11.4 Å². The topological polar surface area (TPSA) is 51.8 Å². The van der Waals surface area contributed by atoms with Crippen LogP contribution in [-0.2, 0) is 11.5 Å². The number of fused-ring (bicyclic) bond motifs is 1. The first-order chi connectivity index (χ1) is 8.65. The highest BCUT2D eigenvalue weighted by molar-refractivity contribution is 7.98. The number of nitrogens with zero attached hydrogens (tertiary/aromatic N) is 2. The van der Waals surface area contributed by atoms with Crippen molar-refractivity contribution in [2.45, 2.75) is 25.4 Å². The summed E-state index contributed by atoms with van der Waals surface area (Å²) in [4.78, 5) is 9.08. The Kier molecular flexibility index (Phi) is 2.74. The van der Waals surface area contributed by atoms with Gasteiger partial charge in [-0.2, -0.15) is 11.8 Å². The van der Waals surface area contributed by atoms with Crippen LogP contribution in [0.1, 0.15) is 22.4 Å². The highest BCUT2D eigenvalue weighted by Gasteiger charge is 2.18. The van der Waals surface area contributed by atoms with Gasteiger partial charge in [-0.05, 0) is 31.0 Å². The van der Waals surface area contributed by atoms with E-state index in [4.69, 9.17) is 5.73 Å². The quantitative estimate of drug-likeness (QED) is 0.853. The third-order valence-electron chi connectivity index (χ3n) is 3.38. The molecular weight excluding hydrogens is 242 g/mol. The Hall–Kier alpha value is -1.55. The third kappa shape index (κ3) is 1.86. The molecule has 18 heavy (non-hydrogen) atoms. The molecule has 0 spiro atoms. The zero-order valence-electron chi connectivity index (χ0n) is 10.5. The van der Waals surface area contributed by atoms with E-state index in [1.807, 2.05) is 11.8 Å². The SMILES string of the molecule is Cc1ccc(-c2nc(N)c3c(n2)CSC3)cc1C. The zero-order valence-corrected chi connectivity index (χ0v) is 11.3. The molecule has 4 heteroatoms. The molecule has 2 heterocycles. The fourth-order valence-electron chi connectivity index (χ4n) is 2.09. The standard InChI is InChI=1S/C14H15N3S/c1-8-3-4-10(5-9(8)2)14-16-12-7-18-6-11(12)13(15)17-14/h3-5H,6-7H2,1-2H3,(H2,15,16,17). The molecule has 0 aliphatic carbocycles. The Labute approximate surface area is 111 Å². The summed E-state index contributed by atoms with van der Waals surface area (Å²) in [7, 11) is 0. The molecule has 0 bridgehead atoms. The molecule has 92 valence electrons. The molecule has 1 aliphatic heterocycles. The molecule has 1 aromatic carbocycles. The van der Waals surface area contributed by atoms with Gasteiger partial charge in [0.15, 0.2) is 5.82 Å². The average molecular weight is 257 g/mol. The van der Waals surface area contributed by atoms with E-state index < -0.39 is 0 Å². The van der Waals surface area contributed by atoms with Crippen LogP contribution in [0.5, 0.6) is 0 Å². The summed E-state index contributed by atoms with van der Waals surface area (Å²) in [5, 5.41) is 0. The van der Waals surface area contributed by atoms with Gasteiger partial charge in [-0.25, -0.2) is 9.97 Å². The normalized spacial score (nSPS) is 13.7. The van der Waals surface area contributed by atoms with Crippen molar-refractivity contribution < 1.29 is 0 Å². The van der Waals surface area contributed by atoms with Gasteiger partial charge in [0.1, 0.15) is 5.82 Å². The molecule has 0 unspecified atom stereocenters. The lowest BCUT2D eigenvalue weighted by atomic mass is 10.1. The van der Waals surface area contributed by atoms with E-state index in [9.17, 15) is 0 Å². The van der Waals surface area contributed by atoms with E-state index >= 15 is 0 Å². The summed E-state index contributed by atoms with van der Waals surface area (Å²) in [6.45, 7) is 4.21. The van der Waals surface area contributed by atoms with Gasteiger partial charge in [0, 0.05) is 22.6 Å². The number of anilines is 1. The second kappa shape index (κ2) is 4.28. The maximum Gasteiger partial charge on any atom is 0.161 e. The minimum atomic E-state index is 0.637. The van der Waals surface area contributed by atoms with Gasteiger partial charge in [-0.1, -0.05) is 12.1 Å². The Balaban J connectivity index is 2.12. The molecule has 2 aromatic rings. The van der Waals surface area contributed by atoms with Crippen molar-refractivity contribution in [3.63, 3.8) is 0 Å². The van der Waals surface area contributed by atoms with Gasteiger partial charge in [0.25, 0.3) is 0 Å². The van der Waals surface area contributed by atoms with E-state index in [-0.39, 0.29) is 0 Å². The molecule has 1 aromatic heterocycles. The molecule has 3 rings (SSSR count). The van der Waals surface area contributed by atoms with Gasteiger partial charge in [-0.3, -0.25) is 0 Å². The molecule has 3 nitrogen and oxygen atoms in total. The lowest BCUT2D eigenvalue weighted by molar-refractivity contribution is 1.08. The molecule has 0 atom stereocenters. The fraction of sp³-hybridized carbons (Fsp3) is 0.286. The Morgan fingerprint density at radius 2 is 1.94 bits per heavy atom. The van der Waals surface area contributed by atoms with Crippen LogP contribution in [0.3, 0.4) is 0 Å². The number of hydrogen-bond acceptors (Lipinski definition) is 4. The van der Waals surface area contributed by atoms with Crippen LogP contribution in [0.15, 0.2) is 18.2 Å². The monoisotopic (exact) mass is 257 g/mol. The summed E-state index contributed by atoms with van der Waals surface area (Å²) in [5.74, 6) is 3.27. The molecule has 0 fully saturated rings.